The van der Waals surface area contributed by atoms with Crippen LogP contribution in [0.5, 0.6) is 0 Å². The summed E-state index contributed by atoms with van der Waals surface area (Å²) < 4.78 is 32.7. The quantitative estimate of drug-likeness (QED) is 0.917. The van der Waals surface area contributed by atoms with Gasteiger partial charge >= 0.3 is 0 Å². The Hall–Kier alpha value is -2.72. The minimum Gasteiger partial charge on any atom is -0.450 e. The van der Waals surface area contributed by atoms with Gasteiger partial charge < -0.3 is 14.4 Å². The van der Waals surface area contributed by atoms with E-state index in [2.05, 4.69) is 0 Å². The fourth-order valence-electron chi connectivity index (χ4n) is 3.01. The average Bonchev–Trinajstić information content (AvgIpc) is 3.12. The van der Waals surface area contributed by atoms with E-state index in [1.165, 1.54) is 11.0 Å². The lowest BCUT2D eigenvalue weighted by molar-refractivity contribution is 0.0712. The molecule has 1 N–H and O–H groups in total. The topological polar surface area (TPSA) is 77.5 Å². The van der Waals surface area contributed by atoms with Gasteiger partial charge in [-0.25, -0.2) is 8.78 Å². The van der Waals surface area contributed by atoms with Crippen LogP contribution in [-0.4, -0.2) is 28.6 Å². The highest BCUT2D eigenvalue weighted by molar-refractivity contribution is 5.96. The Kier molecular flexibility index (Phi) is 4.08. The molecule has 0 saturated carbocycles. The van der Waals surface area contributed by atoms with Crippen molar-refractivity contribution in [1.29, 1.82) is 5.26 Å². The standard InChI is InChI=1S/C17H14F2N2O3/c1-9-13(6-12(7-20)24-9)17(23)21-8-11(22)5-16(21)14-4-10(18)2-3-15(14)19/h2-4,6,11,16,22H,5,8H2,1H3. The fraction of sp³-hybridized carbons (Fsp3) is 0.294. The van der Waals surface area contributed by atoms with Gasteiger partial charge in [-0.3, -0.25) is 4.79 Å². The third-order valence-corrected chi connectivity index (χ3v) is 4.12. The number of likely N-dealkylation sites (tertiary alicyclic amines) is 1. The van der Waals surface area contributed by atoms with Crippen LogP contribution in [-0.2, 0) is 0 Å². The van der Waals surface area contributed by atoms with Crippen molar-refractivity contribution in [2.24, 2.45) is 0 Å². The van der Waals surface area contributed by atoms with Crippen molar-refractivity contribution in [3.8, 4) is 6.07 Å². The second kappa shape index (κ2) is 6.06. The summed E-state index contributed by atoms with van der Waals surface area (Å²) in [7, 11) is 0. The van der Waals surface area contributed by atoms with E-state index in [9.17, 15) is 18.7 Å². The van der Waals surface area contributed by atoms with E-state index >= 15 is 0 Å². The molecule has 124 valence electrons. The first-order valence-corrected chi connectivity index (χ1v) is 7.35. The van der Waals surface area contributed by atoms with Gasteiger partial charge in [-0.05, 0) is 31.5 Å². The molecule has 1 fully saturated rings. The van der Waals surface area contributed by atoms with Crippen molar-refractivity contribution in [2.45, 2.75) is 25.5 Å². The maximum Gasteiger partial charge on any atom is 0.258 e. The number of nitrogens with zero attached hydrogens (tertiary/aromatic N) is 2. The van der Waals surface area contributed by atoms with Crippen molar-refractivity contribution in [2.75, 3.05) is 6.54 Å². The Bertz CT molecular complexity index is 841. The highest BCUT2D eigenvalue weighted by atomic mass is 19.1. The van der Waals surface area contributed by atoms with E-state index < -0.39 is 29.7 Å². The number of nitriles is 1. The molecule has 0 spiro atoms. The van der Waals surface area contributed by atoms with Crippen molar-refractivity contribution in [1.82, 2.24) is 4.90 Å². The highest BCUT2D eigenvalue weighted by Crippen LogP contribution is 2.35. The minimum atomic E-state index is -0.843. The molecule has 0 aliphatic carbocycles. The van der Waals surface area contributed by atoms with E-state index in [1.807, 2.05) is 0 Å². The molecular formula is C17H14F2N2O3. The van der Waals surface area contributed by atoms with Crippen LogP contribution in [0.2, 0.25) is 0 Å². The molecule has 1 saturated heterocycles. The molecule has 2 aromatic rings. The Balaban J connectivity index is 1.99. The first-order valence-electron chi connectivity index (χ1n) is 7.35. The molecule has 1 aromatic carbocycles. The Morgan fingerprint density at radius 1 is 1.42 bits per heavy atom. The van der Waals surface area contributed by atoms with Gasteiger partial charge in [0.15, 0.2) is 0 Å². The van der Waals surface area contributed by atoms with Crippen LogP contribution in [0.3, 0.4) is 0 Å². The van der Waals surface area contributed by atoms with Crippen molar-refractivity contribution < 1.29 is 23.1 Å². The van der Waals surface area contributed by atoms with Gasteiger partial charge in [0.1, 0.15) is 23.5 Å². The van der Waals surface area contributed by atoms with Crippen LogP contribution >= 0.6 is 0 Å². The summed E-state index contributed by atoms with van der Waals surface area (Å²) in [5.41, 5.74) is 0.184. The molecule has 1 amide bonds. The van der Waals surface area contributed by atoms with E-state index in [0.717, 1.165) is 18.2 Å². The van der Waals surface area contributed by atoms with E-state index in [1.54, 1.807) is 13.0 Å². The number of hydrogen-bond donors (Lipinski definition) is 1. The molecule has 1 aliphatic rings. The number of β-amino-alcohol motifs (C(OH)–C–C–N with tert-alkyl or cyclic N) is 1. The number of carbonyl (C=O) groups excluding carboxylic acids is 1. The van der Waals surface area contributed by atoms with Gasteiger partial charge in [0.05, 0.1) is 17.7 Å². The van der Waals surface area contributed by atoms with Crippen molar-refractivity contribution >= 4 is 5.91 Å². The van der Waals surface area contributed by atoms with Gasteiger partial charge in [0, 0.05) is 18.2 Å². The Morgan fingerprint density at radius 3 is 2.83 bits per heavy atom. The van der Waals surface area contributed by atoms with Crippen molar-refractivity contribution in [3.05, 3.63) is 58.5 Å². The number of rotatable bonds is 2. The number of amides is 1. The summed E-state index contributed by atoms with van der Waals surface area (Å²) in [6, 6.07) is 5.34. The molecule has 5 nitrogen and oxygen atoms in total. The Morgan fingerprint density at radius 2 is 2.17 bits per heavy atom. The fourth-order valence-corrected chi connectivity index (χ4v) is 3.01. The normalized spacial score (nSPS) is 20.2. The second-order valence-corrected chi connectivity index (χ2v) is 5.72. The first-order chi connectivity index (χ1) is 11.4. The summed E-state index contributed by atoms with van der Waals surface area (Å²) in [4.78, 5) is 14.0. The SMILES string of the molecule is Cc1oc(C#N)cc1C(=O)N1CC(O)CC1c1cc(F)ccc1F. The van der Waals surface area contributed by atoms with Gasteiger partial charge in [-0.2, -0.15) is 5.26 Å². The number of furan rings is 1. The molecule has 1 aromatic heterocycles. The molecule has 7 heteroatoms. The predicted molar refractivity (Wildman–Crippen MR) is 78.9 cm³/mol. The van der Waals surface area contributed by atoms with Crippen LogP contribution in [0.25, 0.3) is 0 Å². The largest absolute Gasteiger partial charge is 0.450 e. The number of aliphatic hydroxyl groups is 1. The third-order valence-electron chi connectivity index (χ3n) is 4.12. The van der Waals surface area contributed by atoms with Gasteiger partial charge in [0.2, 0.25) is 5.76 Å². The third kappa shape index (κ3) is 2.76. The lowest BCUT2D eigenvalue weighted by atomic mass is 10.0. The number of aryl methyl sites for hydroxylation is 1. The molecule has 24 heavy (non-hydrogen) atoms. The highest BCUT2D eigenvalue weighted by Gasteiger charge is 2.38. The maximum absolute atomic E-state index is 14.1. The summed E-state index contributed by atoms with van der Waals surface area (Å²) in [6.45, 7) is 1.53. The monoisotopic (exact) mass is 332 g/mol. The zero-order chi connectivity index (χ0) is 17.4. The van der Waals surface area contributed by atoms with Crippen LogP contribution in [0.4, 0.5) is 8.78 Å². The van der Waals surface area contributed by atoms with E-state index in [-0.39, 0.29) is 35.6 Å². The number of hydrogen-bond acceptors (Lipinski definition) is 4. The molecular weight excluding hydrogens is 318 g/mol. The first kappa shape index (κ1) is 16.1. The predicted octanol–water partition coefficient (Wildman–Crippen LogP) is 2.69. The van der Waals surface area contributed by atoms with Gasteiger partial charge in [-0.1, -0.05) is 0 Å². The molecule has 3 rings (SSSR count). The van der Waals surface area contributed by atoms with Gasteiger partial charge in [0.25, 0.3) is 5.91 Å². The maximum atomic E-state index is 14.1. The number of aliphatic hydroxyl groups excluding tert-OH is 1. The molecule has 2 atom stereocenters. The zero-order valence-corrected chi connectivity index (χ0v) is 12.8. The smallest absolute Gasteiger partial charge is 0.258 e. The molecule has 2 unspecified atom stereocenters. The molecule has 0 radical (unpaired) electrons. The van der Waals surface area contributed by atoms with E-state index in [4.69, 9.17) is 9.68 Å². The molecule has 1 aliphatic heterocycles. The summed E-state index contributed by atoms with van der Waals surface area (Å²) in [6.07, 6.45) is -0.738. The molecule has 2 heterocycles. The summed E-state index contributed by atoms with van der Waals surface area (Å²) in [5, 5.41) is 18.8. The number of carbonyl (C=O) groups is 1. The zero-order valence-electron chi connectivity index (χ0n) is 12.8. The summed E-state index contributed by atoms with van der Waals surface area (Å²) in [5.74, 6) is -1.51. The van der Waals surface area contributed by atoms with Crippen LogP contribution in [0, 0.1) is 29.9 Å². The summed E-state index contributed by atoms with van der Waals surface area (Å²) >= 11 is 0. The lowest BCUT2D eigenvalue weighted by Gasteiger charge is -2.25. The Labute approximate surface area is 136 Å². The van der Waals surface area contributed by atoms with Crippen LogP contribution in [0.1, 0.15) is 39.9 Å². The minimum absolute atomic E-state index is 0.00798. The van der Waals surface area contributed by atoms with Crippen LogP contribution < -0.4 is 0 Å². The van der Waals surface area contributed by atoms with Crippen molar-refractivity contribution in [3.63, 3.8) is 0 Å². The molecule has 0 bridgehead atoms. The van der Waals surface area contributed by atoms with E-state index in [0.29, 0.717) is 0 Å². The average molecular weight is 332 g/mol. The number of benzene rings is 1. The second-order valence-electron chi connectivity index (χ2n) is 5.72. The lowest BCUT2D eigenvalue weighted by Crippen LogP contribution is -2.32. The van der Waals surface area contributed by atoms with Crippen LogP contribution in [0.15, 0.2) is 28.7 Å². The number of halogens is 2. The van der Waals surface area contributed by atoms with Gasteiger partial charge in [-0.15, -0.1) is 0 Å².